The van der Waals surface area contributed by atoms with Gasteiger partial charge in [-0.05, 0) is 69.2 Å². The van der Waals surface area contributed by atoms with Crippen LogP contribution in [0.3, 0.4) is 0 Å². The SMILES string of the molecule is COc1ccc(CCNC(=O)c2ccc(NC(=O)OC(C)(C)C)cc2)cc1OC. The first-order chi connectivity index (χ1) is 13.7. The number of amides is 2. The quantitative estimate of drug-likeness (QED) is 0.733. The summed E-state index contributed by atoms with van der Waals surface area (Å²) in [5.74, 6) is 1.14. The summed E-state index contributed by atoms with van der Waals surface area (Å²) in [7, 11) is 3.18. The molecule has 2 aromatic carbocycles. The lowest BCUT2D eigenvalue weighted by molar-refractivity contribution is 0.0635. The van der Waals surface area contributed by atoms with Crippen LogP contribution in [0.25, 0.3) is 0 Å². The summed E-state index contributed by atoms with van der Waals surface area (Å²) in [6.45, 7) is 5.86. The van der Waals surface area contributed by atoms with Crippen LogP contribution in [0.2, 0.25) is 0 Å². The molecule has 0 saturated carbocycles. The number of hydrogen-bond acceptors (Lipinski definition) is 5. The first-order valence-corrected chi connectivity index (χ1v) is 9.31. The zero-order valence-corrected chi connectivity index (χ0v) is 17.5. The molecule has 0 radical (unpaired) electrons. The van der Waals surface area contributed by atoms with Gasteiger partial charge in [-0.25, -0.2) is 4.79 Å². The Balaban J connectivity index is 1.86. The highest BCUT2D eigenvalue weighted by atomic mass is 16.6. The van der Waals surface area contributed by atoms with Gasteiger partial charge in [-0.1, -0.05) is 6.07 Å². The van der Waals surface area contributed by atoms with Crippen molar-refractivity contribution < 1.29 is 23.8 Å². The van der Waals surface area contributed by atoms with Crippen molar-refractivity contribution in [3.8, 4) is 11.5 Å². The van der Waals surface area contributed by atoms with E-state index in [2.05, 4.69) is 10.6 Å². The fourth-order valence-electron chi connectivity index (χ4n) is 2.58. The maximum absolute atomic E-state index is 12.3. The van der Waals surface area contributed by atoms with Crippen molar-refractivity contribution in [2.75, 3.05) is 26.1 Å². The highest BCUT2D eigenvalue weighted by Gasteiger charge is 2.16. The molecule has 0 heterocycles. The van der Waals surface area contributed by atoms with Gasteiger partial charge < -0.3 is 19.5 Å². The van der Waals surface area contributed by atoms with E-state index in [4.69, 9.17) is 14.2 Å². The number of hydrogen-bond donors (Lipinski definition) is 2. The van der Waals surface area contributed by atoms with Gasteiger partial charge >= 0.3 is 6.09 Å². The average Bonchev–Trinajstić information content (AvgIpc) is 2.66. The Morgan fingerprint density at radius 3 is 2.17 bits per heavy atom. The van der Waals surface area contributed by atoms with Gasteiger partial charge in [0.25, 0.3) is 5.91 Å². The van der Waals surface area contributed by atoms with Crippen LogP contribution >= 0.6 is 0 Å². The molecular weight excluding hydrogens is 372 g/mol. The molecule has 0 spiro atoms. The Kier molecular flexibility index (Phi) is 7.47. The molecule has 156 valence electrons. The summed E-state index contributed by atoms with van der Waals surface area (Å²) in [4.78, 5) is 24.1. The second kappa shape index (κ2) is 9.82. The standard InChI is InChI=1S/C22H28N2O5/c1-22(2,3)29-21(26)24-17-9-7-16(8-10-17)20(25)23-13-12-15-6-11-18(27-4)19(14-15)28-5/h6-11,14H,12-13H2,1-5H3,(H,23,25)(H,24,26). The average molecular weight is 400 g/mol. The minimum Gasteiger partial charge on any atom is -0.493 e. The second-order valence-electron chi connectivity index (χ2n) is 7.40. The third-order valence-corrected chi connectivity index (χ3v) is 3.94. The van der Waals surface area contributed by atoms with E-state index in [1.807, 2.05) is 18.2 Å². The number of carbonyl (C=O) groups is 2. The molecular formula is C22H28N2O5. The monoisotopic (exact) mass is 400 g/mol. The maximum Gasteiger partial charge on any atom is 0.412 e. The van der Waals surface area contributed by atoms with Crippen molar-refractivity contribution in [1.82, 2.24) is 5.32 Å². The Bertz CT molecular complexity index is 841. The van der Waals surface area contributed by atoms with Crippen LogP contribution in [0.4, 0.5) is 10.5 Å². The van der Waals surface area contributed by atoms with Crippen molar-refractivity contribution in [3.05, 3.63) is 53.6 Å². The van der Waals surface area contributed by atoms with Gasteiger partial charge in [0, 0.05) is 17.8 Å². The Hall–Kier alpha value is -3.22. The summed E-state index contributed by atoms with van der Waals surface area (Å²) in [6, 6.07) is 12.3. The smallest absolute Gasteiger partial charge is 0.412 e. The summed E-state index contributed by atoms with van der Waals surface area (Å²) in [5.41, 5.74) is 1.52. The van der Waals surface area contributed by atoms with Crippen LogP contribution < -0.4 is 20.1 Å². The molecule has 2 rings (SSSR count). The van der Waals surface area contributed by atoms with Crippen LogP contribution in [0.5, 0.6) is 11.5 Å². The fourth-order valence-corrected chi connectivity index (χ4v) is 2.58. The molecule has 29 heavy (non-hydrogen) atoms. The second-order valence-corrected chi connectivity index (χ2v) is 7.40. The molecule has 2 amide bonds. The highest BCUT2D eigenvalue weighted by molar-refractivity contribution is 5.95. The molecule has 0 bridgehead atoms. The van der Waals surface area contributed by atoms with E-state index >= 15 is 0 Å². The summed E-state index contributed by atoms with van der Waals surface area (Å²) in [6.07, 6.45) is 0.120. The van der Waals surface area contributed by atoms with Gasteiger partial charge in [-0.3, -0.25) is 10.1 Å². The van der Waals surface area contributed by atoms with Crippen LogP contribution in [0.1, 0.15) is 36.7 Å². The normalized spacial score (nSPS) is 10.8. The van der Waals surface area contributed by atoms with E-state index in [1.54, 1.807) is 59.3 Å². The van der Waals surface area contributed by atoms with Gasteiger partial charge in [-0.2, -0.15) is 0 Å². The number of methoxy groups -OCH3 is 2. The minimum absolute atomic E-state index is 0.186. The number of carbonyl (C=O) groups excluding carboxylic acids is 2. The lowest BCUT2D eigenvalue weighted by Crippen LogP contribution is -2.27. The number of anilines is 1. The van der Waals surface area contributed by atoms with Gasteiger partial charge in [0.1, 0.15) is 5.60 Å². The molecule has 0 fully saturated rings. The van der Waals surface area contributed by atoms with Crippen molar-refractivity contribution in [3.63, 3.8) is 0 Å². The van der Waals surface area contributed by atoms with Crippen LogP contribution in [-0.2, 0) is 11.2 Å². The van der Waals surface area contributed by atoms with Crippen LogP contribution in [-0.4, -0.2) is 38.4 Å². The van der Waals surface area contributed by atoms with Gasteiger partial charge in [0.2, 0.25) is 0 Å². The number of ether oxygens (including phenoxy) is 3. The molecule has 2 N–H and O–H groups in total. The van der Waals surface area contributed by atoms with Crippen LogP contribution in [0, 0.1) is 0 Å². The largest absolute Gasteiger partial charge is 0.493 e. The van der Waals surface area contributed by atoms with E-state index in [-0.39, 0.29) is 5.91 Å². The number of benzene rings is 2. The topological polar surface area (TPSA) is 85.9 Å². The number of rotatable bonds is 7. The zero-order valence-electron chi connectivity index (χ0n) is 17.5. The molecule has 0 aliphatic carbocycles. The summed E-state index contributed by atoms with van der Waals surface area (Å²) >= 11 is 0. The van der Waals surface area contributed by atoms with Crippen LogP contribution in [0.15, 0.2) is 42.5 Å². The minimum atomic E-state index is -0.572. The number of nitrogens with one attached hydrogen (secondary N) is 2. The fraction of sp³-hybridized carbons (Fsp3) is 0.364. The van der Waals surface area contributed by atoms with E-state index < -0.39 is 11.7 Å². The molecule has 0 atom stereocenters. The van der Waals surface area contributed by atoms with E-state index in [0.29, 0.717) is 35.7 Å². The summed E-state index contributed by atoms with van der Waals surface area (Å²) in [5, 5.41) is 5.52. The Morgan fingerprint density at radius 1 is 0.931 bits per heavy atom. The van der Waals surface area contributed by atoms with Crippen molar-refractivity contribution in [1.29, 1.82) is 0 Å². The molecule has 0 aromatic heterocycles. The third-order valence-electron chi connectivity index (χ3n) is 3.94. The van der Waals surface area contributed by atoms with E-state index in [0.717, 1.165) is 5.56 Å². The third kappa shape index (κ3) is 7.03. The van der Waals surface area contributed by atoms with Gasteiger partial charge in [0.15, 0.2) is 11.5 Å². The van der Waals surface area contributed by atoms with Crippen molar-refractivity contribution in [2.24, 2.45) is 0 Å². The van der Waals surface area contributed by atoms with E-state index in [1.165, 1.54) is 0 Å². The molecule has 7 heteroatoms. The lowest BCUT2D eigenvalue weighted by Gasteiger charge is -2.19. The van der Waals surface area contributed by atoms with Gasteiger partial charge in [0.05, 0.1) is 14.2 Å². The highest BCUT2D eigenvalue weighted by Crippen LogP contribution is 2.27. The molecule has 0 saturated heterocycles. The molecule has 0 unspecified atom stereocenters. The molecule has 7 nitrogen and oxygen atoms in total. The first-order valence-electron chi connectivity index (χ1n) is 9.31. The summed E-state index contributed by atoms with van der Waals surface area (Å²) < 4.78 is 15.7. The zero-order chi connectivity index (χ0) is 21.4. The van der Waals surface area contributed by atoms with E-state index in [9.17, 15) is 9.59 Å². The molecule has 0 aliphatic rings. The van der Waals surface area contributed by atoms with Crippen molar-refractivity contribution >= 4 is 17.7 Å². The molecule has 2 aromatic rings. The lowest BCUT2D eigenvalue weighted by atomic mass is 10.1. The van der Waals surface area contributed by atoms with Gasteiger partial charge in [-0.15, -0.1) is 0 Å². The predicted molar refractivity (Wildman–Crippen MR) is 112 cm³/mol. The predicted octanol–water partition coefficient (Wildman–Crippen LogP) is 4.02. The molecule has 0 aliphatic heterocycles. The Labute approximate surface area is 171 Å². The maximum atomic E-state index is 12.3. The first kappa shape index (κ1) is 22.1. The van der Waals surface area contributed by atoms with Crippen molar-refractivity contribution in [2.45, 2.75) is 32.8 Å². The Morgan fingerprint density at radius 2 is 1.59 bits per heavy atom.